The Morgan fingerprint density at radius 3 is 1.81 bits per heavy atom. The van der Waals surface area contributed by atoms with Crippen molar-refractivity contribution in [2.24, 2.45) is 5.41 Å². The van der Waals surface area contributed by atoms with E-state index in [1.807, 2.05) is 0 Å². The normalized spacial score (nSPS) is 29.2. The lowest BCUT2D eigenvalue weighted by molar-refractivity contribution is -0.130. The summed E-state index contributed by atoms with van der Waals surface area (Å²) < 4.78 is 0. The van der Waals surface area contributed by atoms with Crippen molar-refractivity contribution in [1.29, 1.82) is 0 Å². The van der Waals surface area contributed by atoms with Crippen molar-refractivity contribution >= 4 is 0 Å². The Bertz CT molecular complexity index is 184. The van der Waals surface area contributed by atoms with Gasteiger partial charge in [-0.15, -0.1) is 0 Å². The molecule has 0 aromatic heterocycles. The lowest BCUT2D eigenvalue weighted by Gasteiger charge is -2.51. The van der Waals surface area contributed by atoms with Crippen LogP contribution in [-0.4, -0.2) is 10.7 Å². The highest BCUT2D eigenvalue weighted by Gasteiger charge is 2.49. The minimum atomic E-state index is -0.355. The standard InChI is InChI=1S/C15H30O/c1-4-9-14(10-5-2)12-7-8-13-15(14,16)11-6-3/h16H,4-13H2,1-3H3. The second-order valence-electron chi connectivity index (χ2n) is 5.77. The fourth-order valence-corrected chi connectivity index (χ4v) is 3.98. The topological polar surface area (TPSA) is 20.2 Å². The van der Waals surface area contributed by atoms with E-state index in [1.54, 1.807) is 0 Å². The SMILES string of the molecule is CCCC1(O)CCCCC1(CCC)CCC. The molecule has 0 aliphatic heterocycles. The first-order valence-corrected chi connectivity index (χ1v) is 7.36. The first kappa shape index (κ1) is 14.0. The maximum atomic E-state index is 11.0. The van der Waals surface area contributed by atoms with E-state index in [0.717, 1.165) is 19.3 Å². The van der Waals surface area contributed by atoms with Crippen LogP contribution in [0, 0.1) is 5.41 Å². The molecule has 0 heterocycles. The van der Waals surface area contributed by atoms with Crippen LogP contribution in [0.5, 0.6) is 0 Å². The number of hydrogen-bond donors (Lipinski definition) is 1. The molecule has 0 amide bonds. The second kappa shape index (κ2) is 6.05. The van der Waals surface area contributed by atoms with Crippen LogP contribution in [0.25, 0.3) is 0 Å². The Kier molecular flexibility index (Phi) is 5.30. The molecule has 1 saturated carbocycles. The molecule has 1 atom stereocenters. The lowest BCUT2D eigenvalue weighted by Crippen LogP contribution is -2.50. The van der Waals surface area contributed by atoms with E-state index in [1.165, 1.54) is 44.9 Å². The minimum Gasteiger partial charge on any atom is -0.389 e. The summed E-state index contributed by atoms with van der Waals surface area (Å²) >= 11 is 0. The molecule has 0 aromatic carbocycles. The molecule has 1 aliphatic carbocycles. The highest BCUT2D eigenvalue weighted by atomic mass is 16.3. The van der Waals surface area contributed by atoms with Gasteiger partial charge in [-0.3, -0.25) is 0 Å². The van der Waals surface area contributed by atoms with Gasteiger partial charge in [-0.1, -0.05) is 52.9 Å². The van der Waals surface area contributed by atoms with Gasteiger partial charge in [0.1, 0.15) is 0 Å². The van der Waals surface area contributed by atoms with Crippen LogP contribution >= 0.6 is 0 Å². The number of aliphatic hydroxyl groups is 1. The molecule has 0 aromatic rings. The average Bonchev–Trinajstić information content (AvgIpc) is 2.24. The van der Waals surface area contributed by atoms with E-state index in [-0.39, 0.29) is 11.0 Å². The molecule has 96 valence electrons. The lowest BCUT2D eigenvalue weighted by atomic mass is 9.57. The van der Waals surface area contributed by atoms with Gasteiger partial charge in [0.05, 0.1) is 5.60 Å². The zero-order valence-corrected chi connectivity index (χ0v) is 11.5. The Morgan fingerprint density at radius 1 is 0.812 bits per heavy atom. The number of rotatable bonds is 6. The smallest absolute Gasteiger partial charge is 0.0703 e. The second-order valence-corrected chi connectivity index (χ2v) is 5.77. The van der Waals surface area contributed by atoms with Crippen molar-refractivity contribution in [3.63, 3.8) is 0 Å². The van der Waals surface area contributed by atoms with E-state index >= 15 is 0 Å². The van der Waals surface area contributed by atoms with Crippen LogP contribution in [0.3, 0.4) is 0 Å². The molecule has 16 heavy (non-hydrogen) atoms. The van der Waals surface area contributed by atoms with Gasteiger partial charge in [-0.25, -0.2) is 0 Å². The number of hydrogen-bond acceptors (Lipinski definition) is 1. The van der Waals surface area contributed by atoms with Crippen molar-refractivity contribution in [3.8, 4) is 0 Å². The third kappa shape index (κ3) is 2.61. The highest BCUT2D eigenvalue weighted by Crippen LogP contribution is 2.52. The molecule has 0 spiro atoms. The van der Waals surface area contributed by atoms with Crippen molar-refractivity contribution in [3.05, 3.63) is 0 Å². The molecule has 0 radical (unpaired) electrons. The molecular weight excluding hydrogens is 196 g/mol. The zero-order chi connectivity index (χ0) is 12.1. The van der Waals surface area contributed by atoms with Crippen LogP contribution in [0.2, 0.25) is 0 Å². The summed E-state index contributed by atoms with van der Waals surface area (Å²) in [6.45, 7) is 6.73. The molecule has 1 aliphatic rings. The van der Waals surface area contributed by atoms with Gasteiger partial charge in [0.2, 0.25) is 0 Å². The van der Waals surface area contributed by atoms with E-state index in [9.17, 15) is 5.11 Å². The van der Waals surface area contributed by atoms with Crippen molar-refractivity contribution in [1.82, 2.24) is 0 Å². The van der Waals surface area contributed by atoms with Gasteiger partial charge >= 0.3 is 0 Å². The predicted molar refractivity (Wildman–Crippen MR) is 70.6 cm³/mol. The van der Waals surface area contributed by atoms with Gasteiger partial charge < -0.3 is 5.11 Å². The molecule has 1 fully saturated rings. The summed E-state index contributed by atoms with van der Waals surface area (Å²) in [7, 11) is 0. The Balaban J connectivity index is 2.88. The molecule has 1 heteroatoms. The van der Waals surface area contributed by atoms with Crippen LogP contribution in [0.4, 0.5) is 0 Å². The van der Waals surface area contributed by atoms with Crippen molar-refractivity contribution < 1.29 is 5.11 Å². The summed E-state index contributed by atoms with van der Waals surface area (Å²) in [5.74, 6) is 0. The van der Waals surface area contributed by atoms with Gasteiger partial charge in [-0.05, 0) is 37.5 Å². The summed E-state index contributed by atoms with van der Waals surface area (Å²) in [5.41, 5.74) is -0.114. The van der Waals surface area contributed by atoms with Crippen LogP contribution in [0.15, 0.2) is 0 Å². The van der Waals surface area contributed by atoms with Gasteiger partial charge in [0, 0.05) is 0 Å². The largest absolute Gasteiger partial charge is 0.389 e. The fraction of sp³-hybridized carbons (Fsp3) is 1.00. The van der Waals surface area contributed by atoms with Gasteiger partial charge in [-0.2, -0.15) is 0 Å². The van der Waals surface area contributed by atoms with E-state index in [4.69, 9.17) is 0 Å². The Morgan fingerprint density at radius 2 is 1.31 bits per heavy atom. The first-order valence-electron chi connectivity index (χ1n) is 7.36. The summed E-state index contributed by atoms with van der Waals surface area (Å²) in [4.78, 5) is 0. The maximum Gasteiger partial charge on any atom is 0.0703 e. The van der Waals surface area contributed by atoms with Crippen molar-refractivity contribution in [2.45, 2.75) is 90.6 Å². The van der Waals surface area contributed by atoms with Crippen LogP contribution < -0.4 is 0 Å². The minimum absolute atomic E-state index is 0.241. The Hall–Kier alpha value is -0.0400. The van der Waals surface area contributed by atoms with Gasteiger partial charge in [0.15, 0.2) is 0 Å². The molecule has 1 N–H and O–H groups in total. The predicted octanol–water partition coefficient (Wildman–Crippen LogP) is 4.68. The molecule has 1 unspecified atom stereocenters. The summed E-state index contributed by atoms with van der Waals surface area (Å²) in [5, 5.41) is 11.0. The quantitative estimate of drug-likeness (QED) is 0.697. The fourth-order valence-electron chi connectivity index (χ4n) is 3.98. The van der Waals surface area contributed by atoms with E-state index in [2.05, 4.69) is 20.8 Å². The Labute approximate surface area is 102 Å². The maximum absolute atomic E-state index is 11.0. The molecule has 1 nitrogen and oxygen atoms in total. The summed E-state index contributed by atoms with van der Waals surface area (Å²) in [6, 6.07) is 0. The molecule has 0 bridgehead atoms. The zero-order valence-electron chi connectivity index (χ0n) is 11.5. The first-order chi connectivity index (χ1) is 7.64. The van der Waals surface area contributed by atoms with E-state index < -0.39 is 0 Å². The average molecular weight is 226 g/mol. The third-order valence-corrected chi connectivity index (χ3v) is 4.60. The van der Waals surface area contributed by atoms with Crippen LogP contribution in [-0.2, 0) is 0 Å². The monoisotopic (exact) mass is 226 g/mol. The molecule has 1 rings (SSSR count). The molecule has 0 saturated heterocycles. The summed E-state index contributed by atoms with van der Waals surface area (Å²) in [6.07, 6.45) is 11.8. The van der Waals surface area contributed by atoms with Crippen LogP contribution in [0.1, 0.15) is 85.0 Å². The molecular formula is C15H30O. The van der Waals surface area contributed by atoms with Crippen molar-refractivity contribution in [2.75, 3.05) is 0 Å². The third-order valence-electron chi connectivity index (χ3n) is 4.60. The van der Waals surface area contributed by atoms with Gasteiger partial charge in [0.25, 0.3) is 0 Å². The van der Waals surface area contributed by atoms with E-state index in [0.29, 0.717) is 0 Å². The highest BCUT2D eigenvalue weighted by molar-refractivity contribution is 5.00.